The van der Waals surface area contributed by atoms with E-state index in [1.54, 1.807) is 0 Å². The van der Waals surface area contributed by atoms with Crippen molar-refractivity contribution in [2.24, 2.45) is 11.3 Å². The third-order valence-corrected chi connectivity index (χ3v) is 4.08. The van der Waals surface area contributed by atoms with Gasteiger partial charge in [-0.25, -0.2) is 0 Å². The van der Waals surface area contributed by atoms with Crippen LogP contribution in [0.4, 0.5) is 0 Å². The highest BCUT2D eigenvalue weighted by atomic mass is 16.5. The quantitative estimate of drug-likeness (QED) is 0.586. The van der Waals surface area contributed by atoms with Gasteiger partial charge in [0, 0.05) is 19.2 Å². The predicted molar refractivity (Wildman–Crippen MR) is 74.3 cm³/mol. The fourth-order valence-corrected chi connectivity index (χ4v) is 2.85. The van der Waals surface area contributed by atoms with Crippen LogP contribution in [0.5, 0.6) is 0 Å². The summed E-state index contributed by atoms with van der Waals surface area (Å²) in [7, 11) is 0. The molecule has 1 saturated carbocycles. The molecule has 0 amide bonds. The molecule has 0 aliphatic heterocycles. The predicted octanol–water partition coefficient (Wildman–Crippen LogP) is 3.61. The summed E-state index contributed by atoms with van der Waals surface area (Å²) >= 11 is 0. The standard InChI is InChI=1S/C15H31NO/c1-5-17-12-11-16-14-8-6-7-13(9-10-14)15(2,3)4/h13-14,16H,5-12H2,1-4H3. The summed E-state index contributed by atoms with van der Waals surface area (Å²) in [6.45, 7) is 11.9. The van der Waals surface area contributed by atoms with E-state index in [9.17, 15) is 0 Å². The van der Waals surface area contributed by atoms with Crippen LogP contribution in [0, 0.1) is 11.3 Å². The van der Waals surface area contributed by atoms with Crippen LogP contribution in [0.1, 0.15) is 59.8 Å². The Morgan fingerprint density at radius 2 is 1.88 bits per heavy atom. The molecule has 1 aliphatic carbocycles. The molecule has 1 N–H and O–H groups in total. The van der Waals surface area contributed by atoms with Crippen molar-refractivity contribution < 1.29 is 4.74 Å². The summed E-state index contributed by atoms with van der Waals surface area (Å²) in [6.07, 6.45) is 6.87. The topological polar surface area (TPSA) is 21.3 Å². The Morgan fingerprint density at radius 3 is 2.53 bits per heavy atom. The maximum Gasteiger partial charge on any atom is 0.0590 e. The van der Waals surface area contributed by atoms with Gasteiger partial charge in [-0.15, -0.1) is 0 Å². The van der Waals surface area contributed by atoms with Gasteiger partial charge in [-0.3, -0.25) is 0 Å². The lowest BCUT2D eigenvalue weighted by Gasteiger charge is -2.29. The van der Waals surface area contributed by atoms with E-state index in [1.807, 2.05) is 0 Å². The number of hydrogen-bond donors (Lipinski definition) is 1. The number of nitrogens with one attached hydrogen (secondary N) is 1. The van der Waals surface area contributed by atoms with Crippen molar-refractivity contribution in [3.8, 4) is 0 Å². The summed E-state index contributed by atoms with van der Waals surface area (Å²) in [6, 6.07) is 0.725. The third-order valence-electron chi connectivity index (χ3n) is 4.08. The molecule has 2 unspecified atom stereocenters. The first-order valence-electron chi connectivity index (χ1n) is 7.35. The van der Waals surface area contributed by atoms with Crippen LogP contribution in [0.2, 0.25) is 0 Å². The summed E-state index contributed by atoms with van der Waals surface area (Å²) in [5.41, 5.74) is 0.486. The first kappa shape index (κ1) is 15.0. The average Bonchev–Trinajstić information content (AvgIpc) is 2.49. The molecule has 2 atom stereocenters. The van der Waals surface area contributed by atoms with Gasteiger partial charge in [0.2, 0.25) is 0 Å². The number of ether oxygens (including phenoxy) is 1. The molecule has 102 valence electrons. The zero-order valence-corrected chi connectivity index (χ0v) is 12.2. The molecule has 0 aromatic carbocycles. The Balaban J connectivity index is 2.23. The normalized spacial score (nSPS) is 26.8. The molecule has 0 spiro atoms. The minimum absolute atomic E-state index is 0.486. The van der Waals surface area contributed by atoms with E-state index in [4.69, 9.17) is 4.74 Å². The van der Waals surface area contributed by atoms with Crippen LogP contribution in [0.15, 0.2) is 0 Å². The number of hydrogen-bond acceptors (Lipinski definition) is 2. The maximum absolute atomic E-state index is 5.37. The summed E-state index contributed by atoms with van der Waals surface area (Å²) in [5.74, 6) is 0.904. The zero-order valence-electron chi connectivity index (χ0n) is 12.2. The molecule has 0 bridgehead atoms. The Labute approximate surface area is 108 Å². The van der Waals surface area contributed by atoms with Gasteiger partial charge in [0.15, 0.2) is 0 Å². The van der Waals surface area contributed by atoms with Gasteiger partial charge >= 0.3 is 0 Å². The SMILES string of the molecule is CCOCCNC1CCCC(C(C)(C)C)CC1. The van der Waals surface area contributed by atoms with Crippen LogP contribution in [0.25, 0.3) is 0 Å². The Hall–Kier alpha value is -0.0800. The van der Waals surface area contributed by atoms with Crippen molar-refractivity contribution in [1.29, 1.82) is 0 Å². The Morgan fingerprint density at radius 1 is 1.12 bits per heavy atom. The molecule has 0 radical (unpaired) electrons. The van der Waals surface area contributed by atoms with E-state index in [0.29, 0.717) is 5.41 Å². The van der Waals surface area contributed by atoms with Crippen LogP contribution in [0.3, 0.4) is 0 Å². The highest BCUT2D eigenvalue weighted by Gasteiger charge is 2.27. The van der Waals surface area contributed by atoms with Crippen molar-refractivity contribution in [3.05, 3.63) is 0 Å². The van der Waals surface area contributed by atoms with Crippen molar-refractivity contribution >= 4 is 0 Å². The molecule has 0 saturated heterocycles. The lowest BCUT2D eigenvalue weighted by molar-refractivity contribution is 0.145. The van der Waals surface area contributed by atoms with Gasteiger partial charge in [0.25, 0.3) is 0 Å². The Kier molecular flexibility index (Phi) is 6.50. The average molecular weight is 241 g/mol. The van der Waals surface area contributed by atoms with Crippen LogP contribution < -0.4 is 5.32 Å². The fourth-order valence-electron chi connectivity index (χ4n) is 2.85. The zero-order chi connectivity index (χ0) is 12.7. The molecule has 0 heterocycles. The number of rotatable bonds is 5. The third kappa shape index (κ3) is 5.87. The first-order chi connectivity index (χ1) is 8.04. The second-order valence-electron chi connectivity index (χ2n) is 6.42. The van der Waals surface area contributed by atoms with Gasteiger partial charge in [0.05, 0.1) is 6.61 Å². The van der Waals surface area contributed by atoms with Crippen molar-refractivity contribution in [1.82, 2.24) is 5.32 Å². The second-order valence-corrected chi connectivity index (χ2v) is 6.42. The van der Waals surface area contributed by atoms with E-state index in [1.165, 1.54) is 32.1 Å². The fraction of sp³-hybridized carbons (Fsp3) is 1.00. The minimum Gasteiger partial charge on any atom is -0.380 e. The van der Waals surface area contributed by atoms with Crippen molar-refractivity contribution in [2.45, 2.75) is 65.8 Å². The van der Waals surface area contributed by atoms with Crippen LogP contribution in [-0.2, 0) is 4.74 Å². The van der Waals surface area contributed by atoms with E-state index in [2.05, 4.69) is 33.0 Å². The minimum atomic E-state index is 0.486. The first-order valence-corrected chi connectivity index (χ1v) is 7.35. The van der Waals surface area contributed by atoms with Gasteiger partial charge in [-0.1, -0.05) is 27.2 Å². The highest BCUT2D eigenvalue weighted by molar-refractivity contribution is 4.81. The molecule has 17 heavy (non-hydrogen) atoms. The molecule has 1 fully saturated rings. The molecule has 2 heteroatoms. The van der Waals surface area contributed by atoms with Crippen LogP contribution >= 0.6 is 0 Å². The van der Waals surface area contributed by atoms with Crippen molar-refractivity contribution in [3.63, 3.8) is 0 Å². The summed E-state index contributed by atoms with van der Waals surface area (Å²) in [5, 5.41) is 3.64. The summed E-state index contributed by atoms with van der Waals surface area (Å²) in [4.78, 5) is 0. The highest BCUT2D eigenvalue weighted by Crippen LogP contribution is 2.36. The smallest absolute Gasteiger partial charge is 0.0590 e. The Bertz CT molecular complexity index is 198. The summed E-state index contributed by atoms with van der Waals surface area (Å²) < 4.78 is 5.37. The van der Waals surface area contributed by atoms with Gasteiger partial charge in [0.1, 0.15) is 0 Å². The molecular formula is C15H31NO. The van der Waals surface area contributed by atoms with E-state index in [0.717, 1.165) is 31.7 Å². The molecule has 2 nitrogen and oxygen atoms in total. The largest absolute Gasteiger partial charge is 0.380 e. The molecule has 0 aromatic rings. The van der Waals surface area contributed by atoms with E-state index in [-0.39, 0.29) is 0 Å². The molecule has 1 rings (SSSR count). The van der Waals surface area contributed by atoms with E-state index >= 15 is 0 Å². The van der Waals surface area contributed by atoms with Gasteiger partial charge in [-0.2, -0.15) is 0 Å². The molecule has 0 aromatic heterocycles. The second kappa shape index (κ2) is 7.38. The molecular weight excluding hydrogens is 210 g/mol. The van der Waals surface area contributed by atoms with Crippen LogP contribution in [-0.4, -0.2) is 25.8 Å². The molecule has 1 aliphatic rings. The maximum atomic E-state index is 5.37. The van der Waals surface area contributed by atoms with E-state index < -0.39 is 0 Å². The lowest BCUT2D eigenvalue weighted by atomic mass is 9.76. The monoisotopic (exact) mass is 241 g/mol. The van der Waals surface area contributed by atoms with Crippen molar-refractivity contribution in [2.75, 3.05) is 19.8 Å². The van der Waals surface area contributed by atoms with Gasteiger partial charge in [-0.05, 0) is 43.9 Å². The van der Waals surface area contributed by atoms with Gasteiger partial charge < -0.3 is 10.1 Å². The lowest BCUT2D eigenvalue weighted by Crippen LogP contribution is -2.31.